The van der Waals surface area contributed by atoms with Gasteiger partial charge in [-0.2, -0.15) is 0 Å². The van der Waals surface area contributed by atoms with E-state index in [0.717, 1.165) is 61.1 Å². The lowest BCUT2D eigenvalue weighted by Gasteiger charge is -2.32. The fraction of sp³-hybridized carbons (Fsp3) is 0.500. The van der Waals surface area contributed by atoms with Crippen LogP contribution in [0.4, 0.5) is 10.1 Å². The van der Waals surface area contributed by atoms with Crippen molar-refractivity contribution >= 4 is 16.6 Å². The maximum atomic E-state index is 14.9. The van der Waals surface area contributed by atoms with Gasteiger partial charge in [-0.3, -0.25) is 4.79 Å². The normalized spacial score (nSPS) is 18.4. The summed E-state index contributed by atoms with van der Waals surface area (Å²) < 4.78 is 16.8. The molecular weight excluding hydrogens is 307 g/mol. The Hall–Kier alpha value is -1.92. The standard InChI is InChI=1S/C18H23FN4O/c1-11-17-14(9-15(19)18(11)22-6-4-21-5-7-22)12(10-20)8-16(24)23(17)13-2-3-13/h8-9,13,21H,2-7,10,20H2,1H3. The van der Waals surface area contributed by atoms with E-state index in [9.17, 15) is 9.18 Å². The van der Waals surface area contributed by atoms with Crippen LogP contribution in [0.3, 0.4) is 0 Å². The first-order valence-electron chi connectivity index (χ1n) is 8.64. The van der Waals surface area contributed by atoms with E-state index in [4.69, 9.17) is 5.73 Å². The molecular formula is C18H23FN4O. The van der Waals surface area contributed by atoms with Gasteiger partial charge in [0.05, 0.1) is 11.2 Å². The number of piperazine rings is 1. The lowest BCUT2D eigenvalue weighted by Crippen LogP contribution is -2.44. The molecule has 0 spiro atoms. The van der Waals surface area contributed by atoms with Gasteiger partial charge in [0.25, 0.3) is 5.56 Å². The number of hydrogen-bond donors (Lipinski definition) is 2. The predicted molar refractivity (Wildman–Crippen MR) is 94.1 cm³/mol. The number of benzene rings is 1. The first kappa shape index (κ1) is 15.6. The quantitative estimate of drug-likeness (QED) is 0.898. The molecule has 1 aliphatic heterocycles. The van der Waals surface area contributed by atoms with E-state index in [2.05, 4.69) is 10.2 Å². The van der Waals surface area contributed by atoms with E-state index in [1.54, 1.807) is 12.1 Å². The minimum absolute atomic E-state index is 0.0218. The summed E-state index contributed by atoms with van der Waals surface area (Å²) in [6, 6.07) is 3.39. The zero-order valence-electron chi connectivity index (χ0n) is 13.9. The molecule has 1 saturated heterocycles. The zero-order valence-corrected chi connectivity index (χ0v) is 13.9. The summed E-state index contributed by atoms with van der Waals surface area (Å²) >= 11 is 0. The molecule has 1 saturated carbocycles. The van der Waals surface area contributed by atoms with Crippen molar-refractivity contribution in [2.75, 3.05) is 31.1 Å². The van der Waals surface area contributed by atoms with Gasteiger partial charge in [-0.25, -0.2) is 4.39 Å². The van der Waals surface area contributed by atoms with Crippen LogP contribution in [0.1, 0.15) is 30.0 Å². The molecule has 0 radical (unpaired) electrons. The number of aryl methyl sites for hydroxylation is 1. The van der Waals surface area contributed by atoms with E-state index in [0.29, 0.717) is 5.69 Å². The molecule has 2 heterocycles. The molecule has 1 aliphatic carbocycles. The van der Waals surface area contributed by atoms with Gasteiger partial charge < -0.3 is 20.5 Å². The zero-order chi connectivity index (χ0) is 16.8. The van der Waals surface area contributed by atoms with Crippen LogP contribution in [0.25, 0.3) is 10.9 Å². The number of nitrogens with two attached hydrogens (primary N) is 1. The number of aromatic nitrogens is 1. The van der Waals surface area contributed by atoms with E-state index in [-0.39, 0.29) is 24.0 Å². The molecule has 4 rings (SSSR count). The second-order valence-corrected chi connectivity index (χ2v) is 6.78. The maximum Gasteiger partial charge on any atom is 0.251 e. The van der Waals surface area contributed by atoms with E-state index in [1.165, 1.54) is 0 Å². The van der Waals surface area contributed by atoms with Crippen LogP contribution in [0, 0.1) is 12.7 Å². The Bertz CT molecular complexity index is 850. The average Bonchev–Trinajstić information content (AvgIpc) is 3.40. The van der Waals surface area contributed by atoms with Gasteiger partial charge in [0, 0.05) is 50.2 Å². The fourth-order valence-corrected chi connectivity index (χ4v) is 3.86. The Balaban J connectivity index is 2.02. The highest BCUT2D eigenvalue weighted by molar-refractivity contribution is 5.90. The second-order valence-electron chi connectivity index (χ2n) is 6.78. The SMILES string of the molecule is Cc1c(N2CCNCC2)c(F)cc2c(CN)cc(=O)n(C3CC3)c12. The molecule has 0 amide bonds. The largest absolute Gasteiger partial charge is 0.366 e. The molecule has 2 aliphatic rings. The number of pyridine rings is 1. The van der Waals surface area contributed by atoms with Crippen molar-refractivity contribution in [2.45, 2.75) is 32.4 Å². The van der Waals surface area contributed by atoms with Gasteiger partial charge in [0.15, 0.2) is 0 Å². The van der Waals surface area contributed by atoms with Gasteiger partial charge >= 0.3 is 0 Å². The average molecular weight is 330 g/mol. The third-order valence-corrected chi connectivity index (χ3v) is 5.15. The molecule has 3 N–H and O–H groups in total. The van der Waals surface area contributed by atoms with Gasteiger partial charge in [-0.15, -0.1) is 0 Å². The molecule has 1 aromatic carbocycles. The molecule has 0 unspecified atom stereocenters. The van der Waals surface area contributed by atoms with E-state index in [1.807, 2.05) is 11.5 Å². The van der Waals surface area contributed by atoms with Crippen molar-refractivity contribution in [3.8, 4) is 0 Å². The molecule has 24 heavy (non-hydrogen) atoms. The maximum absolute atomic E-state index is 14.9. The third kappa shape index (κ3) is 2.41. The first-order valence-corrected chi connectivity index (χ1v) is 8.64. The number of fused-ring (bicyclic) bond motifs is 1. The Morgan fingerprint density at radius 2 is 2.00 bits per heavy atom. The number of nitrogens with zero attached hydrogens (tertiary/aromatic N) is 2. The van der Waals surface area contributed by atoms with Crippen LogP contribution in [0.2, 0.25) is 0 Å². The molecule has 0 bridgehead atoms. The summed E-state index contributed by atoms with van der Waals surface area (Å²) in [7, 11) is 0. The minimum Gasteiger partial charge on any atom is -0.366 e. The highest BCUT2D eigenvalue weighted by atomic mass is 19.1. The molecule has 2 fully saturated rings. The number of rotatable bonds is 3. The van der Waals surface area contributed by atoms with Crippen molar-refractivity contribution in [2.24, 2.45) is 5.73 Å². The topological polar surface area (TPSA) is 63.3 Å². The van der Waals surface area contributed by atoms with Gasteiger partial charge in [0.2, 0.25) is 0 Å². The number of halogens is 1. The summed E-state index contributed by atoms with van der Waals surface area (Å²) in [5.41, 5.74) is 8.87. The van der Waals surface area contributed by atoms with Crippen molar-refractivity contribution in [1.82, 2.24) is 9.88 Å². The predicted octanol–water partition coefficient (Wildman–Crippen LogP) is 1.65. The van der Waals surface area contributed by atoms with Crippen molar-refractivity contribution in [3.63, 3.8) is 0 Å². The van der Waals surface area contributed by atoms with Crippen molar-refractivity contribution in [1.29, 1.82) is 0 Å². The smallest absolute Gasteiger partial charge is 0.251 e. The number of nitrogens with one attached hydrogen (secondary N) is 1. The molecule has 5 nitrogen and oxygen atoms in total. The molecule has 6 heteroatoms. The number of anilines is 1. The van der Waals surface area contributed by atoms with Gasteiger partial charge in [-0.1, -0.05) is 0 Å². The van der Waals surface area contributed by atoms with Crippen LogP contribution in [0.15, 0.2) is 16.9 Å². The minimum atomic E-state index is -0.224. The van der Waals surface area contributed by atoms with Gasteiger partial charge in [0.1, 0.15) is 5.82 Å². The Morgan fingerprint density at radius 3 is 2.62 bits per heavy atom. The van der Waals surface area contributed by atoms with E-state index < -0.39 is 0 Å². The highest BCUT2D eigenvalue weighted by Gasteiger charge is 2.29. The Kier molecular flexibility index (Phi) is 3.81. The Labute approximate surface area is 140 Å². The van der Waals surface area contributed by atoms with Crippen LogP contribution in [0.5, 0.6) is 0 Å². The molecule has 0 atom stereocenters. The highest BCUT2D eigenvalue weighted by Crippen LogP contribution is 2.39. The fourth-order valence-electron chi connectivity index (χ4n) is 3.86. The van der Waals surface area contributed by atoms with E-state index >= 15 is 0 Å². The number of hydrogen-bond acceptors (Lipinski definition) is 4. The second kappa shape index (κ2) is 5.86. The lowest BCUT2D eigenvalue weighted by atomic mass is 10.0. The van der Waals surface area contributed by atoms with Gasteiger partial charge in [-0.05, 0) is 37.0 Å². The van der Waals surface area contributed by atoms with Crippen LogP contribution < -0.4 is 21.5 Å². The summed E-state index contributed by atoms with van der Waals surface area (Å²) in [6.07, 6.45) is 2.02. The van der Waals surface area contributed by atoms with Crippen LogP contribution in [-0.2, 0) is 6.54 Å². The summed E-state index contributed by atoms with van der Waals surface area (Å²) in [5.74, 6) is -0.224. The molecule has 1 aromatic heterocycles. The Morgan fingerprint density at radius 1 is 1.29 bits per heavy atom. The van der Waals surface area contributed by atoms with Crippen LogP contribution in [-0.4, -0.2) is 30.7 Å². The molecule has 128 valence electrons. The third-order valence-electron chi connectivity index (χ3n) is 5.15. The summed E-state index contributed by atoms with van der Waals surface area (Å²) in [5, 5.41) is 4.07. The summed E-state index contributed by atoms with van der Waals surface area (Å²) in [4.78, 5) is 14.7. The monoisotopic (exact) mass is 330 g/mol. The van der Waals surface area contributed by atoms with Crippen molar-refractivity contribution in [3.05, 3.63) is 39.4 Å². The van der Waals surface area contributed by atoms with Crippen LogP contribution >= 0.6 is 0 Å². The molecule has 2 aromatic rings. The van der Waals surface area contributed by atoms with Crippen molar-refractivity contribution < 1.29 is 4.39 Å². The summed E-state index contributed by atoms with van der Waals surface area (Å²) in [6.45, 7) is 5.40. The first-order chi connectivity index (χ1) is 11.6. The lowest BCUT2D eigenvalue weighted by molar-refractivity contribution is 0.565.